The Morgan fingerprint density at radius 2 is 1.93 bits per heavy atom. The molecule has 0 aromatic carbocycles. The maximum atomic E-state index is 12.9. The number of amides is 2. The lowest BCUT2D eigenvalue weighted by Crippen LogP contribution is -2.46. The fourth-order valence-corrected chi connectivity index (χ4v) is 3.62. The van der Waals surface area contributed by atoms with Crippen LogP contribution in [-0.4, -0.2) is 33.1 Å². The first kappa shape index (κ1) is 20.4. The Morgan fingerprint density at radius 1 is 1.29 bits per heavy atom. The molecule has 1 aromatic rings. The summed E-state index contributed by atoms with van der Waals surface area (Å²) in [6.45, 7) is 7.85. The zero-order valence-corrected chi connectivity index (χ0v) is 17.2. The number of primary amides is 1. The number of rotatable bonds is 6. The van der Waals surface area contributed by atoms with Crippen LogP contribution in [0.15, 0.2) is 17.1 Å². The smallest absolute Gasteiger partial charge is 0.410 e. The molecule has 28 heavy (non-hydrogen) atoms. The van der Waals surface area contributed by atoms with Gasteiger partial charge in [0.15, 0.2) is 0 Å². The Balaban J connectivity index is 1.92. The topological polar surface area (TPSA) is 94.6 Å². The quantitative estimate of drug-likeness (QED) is 0.808. The van der Waals surface area contributed by atoms with E-state index in [0.29, 0.717) is 5.92 Å². The molecule has 1 heterocycles. The fourth-order valence-electron chi connectivity index (χ4n) is 3.62. The molecule has 3 rings (SSSR count). The third-order valence-electron chi connectivity index (χ3n) is 5.61. The summed E-state index contributed by atoms with van der Waals surface area (Å²) in [5, 5.41) is 0. The highest BCUT2D eigenvalue weighted by Gasteiger charge is 2.34. The van der Waals surface area contributed by atoms with Crippen LogP contribution in [0.5, 0.6) is 0 Å². The third-order valence-corrected chi connectivity index (χ3v) is 5.61. The van der Waals surface area contributed by atoms with Crippen LogP contribution >= 0.6 is 0 Å². The van der Waals surface area contributed by atoms with Crippen molar-refractivity contribution in [3.05, 3.63) is 33.7 Å². The van der Waals surface area contributed by atoms with Gasteiger partial charge < -0.3 is 19.9 Å². The van der Waals surface area contributed by atoms with E-state index in [2.05, 4.69) is 0 Å². The van der Waals surface area contributed by atoms with E-state index in [9.17, 15) is 14.4 Å². The summed E-state index contributed by atoms with van der Waals surface area (Å²) in [5.41, 5.74) is 5.17. The van der Waals surface area contributed by atoms with Gasteiger partial charge in [0.2, 0.25) is 0 Å². The first-order valence-electron chi connectivity index (χ1n) is 10.1. The molecule has 2 N–H and O–H groups in total. The molecule has 0 unspecified atom stereocenters. The van der Waals surface area contributed by atoms with Crippen LogP contribution in [0.4, 0.5) is 4.79 Å². The monoisotopic (exact) mass is 389 g/mol. The van der Waals surface area contributed by atoms with Crippen molar-refractivity contribution in [1.82, 2.24) is 9.47 Å². The predicted octanol–water partition coefficient (Wildman–Crippen LogP) is 3.21. The van der Waals surface area contributed by atoms with E-state index < -0.39 is 11.5 Å². The number of aromatic nitrogens is 1. The van der Waals surface area contributed by atoms with Gasteiger partial charge >= 0.3 is 6.09 Å². The molecule has 0 bridgehead atoms. The molecule has 7 nitrogen and oxygen atoms in total. The summed E-state index contributed by atoms with van der Waals surface area (Å²) in [6, 6.07) is 1.65. The van der Waals surface area contributed by atoms with Crippen LogP contribution in [-0.2, 0) is 11.3 Å². The molecule has 0 radical (unpaired) electrons. The Hall–Kier alpha value is -2.31. The highest BCUT2D eigenvalue weighted by molar-refractivity contribution is 5.92. The van der Waals surface area contributed by atoms with E-state index >= 15 is 0 Å². The Labute approximate surface area is 165 Å². The normalized spacial score (nSPS) is 18.3. The van der Waals surface area contributed by atoms with Crippen LogP contribution < -0.4 is 11.3 Å². The van der Waals surface area contributed by atoms with Gasteiger partial charge in [-0.15, -0.1) is 0 Å². The maximum absolute atomic E-state index is 12.9. The zero-order valence-electron chi connectivity index (χ0n) is 17.2. The highest BCUT2D eigenvalue weighted by atomic mass is 16.6. The zero-order chi connectivity index (χ0) is 20.6. The van der Waals surface area contributed by atoms with Crippen LogP contribution in [0.2, 0.25) is 0 Å². The molecule has 154 valence electrons. The first-order valence-corrected chi connectivity index (χ1v) is 10.1. The second-order valence-corrected chi connectivity index (χ2v) is 9.11. The summed E-state index contributed by atoms with van der Waals surface area (Å²) < 4.78 is 7.22. The largest absolute Gasteiger partial charge is 0.444 e. The average molecular weight is 389 g/mol. The van der Waals surface area contributed by atoms with Gasteiger partial charge in [0, 0.05) is 18.3 Å². The van der Waals surface area contributed by atoms with Crippen molar-refractivity contribution in [2.24, 2.45) is 11.7 Å². The van der Waals surface area contributed by atoms with Gasteiger partial charge in [-0.2, -0.15) is 0 Å². The average Bonchev–Trinajstić information content (AvgIpc) is 3.34. The van der Waals surface area contributed by atoms with Gasteiger partial charge in [0.25, 0.3) is 11.5 Å². The number of nitrogens with two attached hydrogens (primary N) is 1. The molecule has 2 saturated carbocycles. The summed E-state index contributed by atoms with van der Waals surface area (Å²) in [6.07, 6.45) is 6.57. The van der Waals surface area contributed by atoms with Gasteiger partial charge in [-0.3, -0.25) is 9.59 Å². The van der Waals surface area contributed by atoms with Crippen molar-refractivity contribution in [3.63, 3.8) is 0 Å². The van der Waals surface area contributed by atoms with Crippen LogP contribution in [0.1, 0.15) is 81.8 Å². The maximum Gasteiger partial charge on any atom is 0.410 e. The number of ether oxygens (including phenoxy) is 1. The molecular formula is C21H31N3O4. The minimum atomic E-state index is -0.739. The lowest BCUT2D eigenvalue weighted by molar-refractivity contribution is 0.00355. The lowest BCUT2D eigenvalue weighted by Gasteiger charge is -2.39. The Bertz CT molecular complexity index is 816. The summed E-state index contributed by atoms with van der Waals surface area (Å²) >= 11 is 0. The van der Waals surface area contributed by atoms with E-state index in [-0.39, 0.29) is 35.8 Å². The number of pyridine rings is 1. The van der Waals surface area contributed by atoms with E-state index in [1.807, 2.05) is 27.7 Å². The lowest BCUT2D eigenvalue weighted by atomic mass is 9.80. The van der Waals surface area contributed by atoms with Gasteiger partial charge in [-0.05, 0) is 70.9 Å². The van der Waals surface area contributed by atoms with Gasteiger partial charge in [0.1, 0.15) is 11.2 Å². The third kappa shape index (κ3) is 4.56. The fraction of sp³-hybridized carbons (Fsp3) is 0.667. The molecular weight excluding hydrogens is 358 g/mol. The number of hydrogen-bond acceptors (Lipinski definition) is 4. The van der Waals surface area contributed by atoms with Crippen molar-refractivity contribution in [2.75, 3.05) is 0 Å². The molecule has 0 saturated heterocycles. The molecule has 2 fully saturated rings. The number of hydrogen-bond donors (Lipinski definition) is 1. The first-order chi connectivity index (χ1) is 13.1. The molecule has 1 atom stereocenters. The molecule has 2 aliphatic carbocycles. The Kier molecular flexibility index (Phi) is 5.55. The van der Waals surface area contributed by atoms with E-state index in [4.69, 9.17) is 10.5 Å². The predicted molar refractivity (Wildman–Crippen MR) is 106 cm³/mol. The van der Waals surface area contributed by atoms with Crippen molar-refractivity contribution >= 4 is 12.0 Å². The molecule has 1 aromatic heterocycles. The van der Waals surface area contributed by atoms with Crippen molar-refractivity contribution in [1.29, 1.82) is 0 Å². The van der Waals surface area contributed by atoms with Gasteiger partial charge in [0.05, 0.1) is 6.54 Å². The number of nitrogens with zero attached hydrogens (tertiary/aromatic N) is 2. The van der Waals surface area contributed by atoms with Crippen molar-refractivity contribution < 1.29 is 14.3 Å². The van der Waals surface area contributed by atoms with Gasteiger partial charge in [-0.1, -0.05) is 6.42 Å². The van der Waals surface area contributed by atoms with E-state index in [1.54, 1.807) is 15.7 Å². The minimum absolute atomic E-state index is 0.0157. The minimum Gasteiger partial charge on any atom is -0.444 e. The molecule has 2 amide bonds. The second-order valence-electron chi connectivity index (χ2n) is 9.11. The molecule has 0 spiro atoms. The standard InChI is InChI=1S/C21H31N3O4/c1-13(15-6-5-7-15)23(20(27)28-21(2,3)4)11-14-10-17(18(22)25)19(26)24(12-14)16-8-9-16/h10,12-13,15-16H,5-9,11H2,1-4H3,(H2,22,25)/t13-/m0/s1. The van der Waals surface area contributed by atoms with Crippen molar-refractivity contribution in [2.45, 2.75) is 84.0 Å². The SMILES string of the molecule is C[C@@H](C1CCC1)N(Cc1cc(C(N)=O)c(=O)n(C2CC2)c1)C(=O)OC(C)(C)C. The van der Waals surface area contributed by atoms with E-state index in [0.717, 1.165) is 31.2 Å². The number of carbonyl (C=O) groups excluding carboxylic acids is 2. The summed E-state index contributed by atoms with van der Waals surface area (Å²) in [4.78, 5) is 38.9. The van der Waals surface area contributed by atoms with Crippen LogP contribution in [0.3, 0.4) is 0 Å². The molecule has 0 aliphatic heterocycles. The number of carbonyl (C=O) groups is 2. The van der Waals surface area contributed by atoms with Crippen LogP contribution in [0, 0.1) is 5.92 Å². The van der Waals surface area contributed by atoms with Crippen LogP contribution in [0.25, 0.3) is 0 Å². The van der Waals surface area contributed by atoms with Crippen molar-refractivity contribution in [3.8, 4) is 0 Å². The van der Waals surface area contributed by atoms with Gasteiger partial charge in [-0.25, -0.2) is 4.79 Å². The molecule has 7 heteroatoms. The van der Waals surface area contributed by atoms with E-state index in [1.165, 1.54) is 12.5 Å². The Morgan fingerprint density at radius 3 is 2.39 bits per heavy atom. The second kappa shape index (κ2) is 7.60. The summed E-state index contributed by atoms with van der Waals surface area (Å²) in [7, 11) is 0. The molecule has 2 aliphatic rings. The highest BCUT2D eigenvalue weighted by Crippen LogP contribution is 2.35. The summed E-state index contributed by atoms with van der Waals surface area (Å²) in [5.74, 6) is -0.297.